The third-order valence-electron chi connectivity index (χ3n) is 5.07. The predicted octanol–water partition coefficient (Wildman–Crippen LogP) is 7.81. The maximum Gasteiger partial charge on any atom is 0.326 e. The van der Waals surface area contributed by atoms with Crippen molar-refractivity contribution in [2.24, 2.45) is 0 Å². The Morgan fingerprint density at radius 3 is 1.44 bits per heavy atom. The summed E-state index contributed by atoms with van der Waals surface area (Å²) in [7, 11) is 0. The highest BCUT2D eigenvalue weighted by molar-refractivity contribution is 6.33. The van der Waals surface area contributed by atoms with Gasteiger partial charge in [0.2, 0.25) is 0 Å². The number of carbonyl (C=O) groups excluding carboxylic acids is 1. The van der Waals surface area contributed by atoms with Gasteiger partial charge in [0.15, 0.2) is 0 Å². The van der Waals surface area contributed by atoms with Crippen molar-refractivity contribution in [3.05, 3.63) is 0 Å². The van der Waals surface area contributed by atoms with Crippen LogP contribution < -0.4 is 0 Å². The highest BCUT2D eigenvalue weighted by Gasteiger charge is 2.29. The molecule has 0 aromatic heterocycles. The number of unbranched alkanes of at least 4 members (excludes halogenated alkanes) is 14. The van der Waals surface area contributed by atoms with Gasteiger partial charge in [0.25, 0.3) is 0 Å². The average Bonchev–Trinajstić information content (AvgIpc) is 2.61. The van der Waals surface area contributed by atoms with Crippen molar-refractivity contribution in [2.75, 3.05) is 6.61 Å². The first-order valence-corrected chi connectivity index (χ1v) is 11.3. The zero-order chi connectivity index (χ0) is 18.8. The van der Waals surface area contributed by atoms with Crippen LogP contribution >= 0.6 is 11.6 Å². The van der Waals surface area contributed by atoms with Gasteiger partial charge in [-0.25, -0.2) is 0 Å². The van der Waals surface area contributed by atoms with E-state index in [0.29, 0.717) is 13.0 Å². The summed E-state index contributed by atoms with van der Waals surface area (Å²) in [6, 6.07) is 0. The van der Waals surface area contributed by atoms with Crippen molar-refractivity contribution in [1.29, 1.82) is 0 Å². The Balaban J connectivity index is 3.18. The fourth-order valence-electron chi connectivity index (χ4n) is 2.93. The van der Waals surface area contributed by atoms with Gasteiger partial charge in [0, 0.05) is 0 Å². The van der Waals surface area contributed by atoms with E-state index in [2.05, 4.69) is 6.92 Å². The molecule has 1 atom stereocenters. The standard InChI is InChI=1S/C22H43ClO2/c1-4-6-7-8-9-10-11-12-13-14-15-16-17-18-19-20-25-21(24)22(3,23)5-2/h4-20H2,1-3H3. The summed E-state index contributed by atoms with van der Waals surface area (Å²) in [5.74, 6) is -0.276. The van der Waals surface area contributed by atoms with Crippen LogP contribution in [-0.4, -0.2) is 17.5 Å². The minimum atomic E-state index is -0.852. The molecule has 0 saturated heterocycles. The lowest BCUT2D eigenvalue weighted by atomic mass is 10.0. The monoisotopic (exact) mass is 374 g/mol. The van der Waals surface area contributed by atoms with Crippen molar-refractivity contribution in [1.82, 2.24) is 0 Å². The number of hydrogen-bond donors (Lipinski definition) is 0. The second kappa shape index (κ2) is 17.2. The van der Waals surface area contributed by atoms with Crippen LogP contribution in [-0.2, 0) is 9.53 Å². The van der Waals surface area contributed by atoms with E-state index in [4.69, 9.17) is 16.3 Å². The summed E-state index contributed by atoms with van der Waals surface area (Å²) in [4.78, 5) is 10.8. The number of rotatable bonds is 18. The molecule has 0 aliphatic heterocycles. The van der Waals surface area contributed by atoms with E-state index in [-0.39, 0.29) is 5.97 Å². The van der Waals surface area contributed by atoms with Crippen molar-refractivity contribution >= 4 is 17.6 Å². The topological polar surface area (TPSA) is 26.3 Å². The Morgan fingerprint density at radius 1 is 0.720 bits per heavy atom. The Kier molecular flexibility index (Phi) is 17.0. The fraction of sp³-hybridized carbons (Fsp3) is 0.955. The Hall–Kier alpha value is -0.240. The lowest BCUT2D eigenvalue weighted by Gasteiger charge is -2.17. The molecule has 0 aliphatic rings. The Morgan fingerprint density at radius 2 is 1.08 bits per heavy atom. The molecule has 0 heterocycles. The maximum absolute atomic E-state index is 11.7. The number of hydrogen-bond acceptors (Lipinski definition) is 2. The first kappa shape index (κ1) is 24.8. The molecular formula is C22H43ClO2. The quantitative estimate of drug-likeness (QED) is 0.139. The van der Waals surface area contributed by atoms with Gasteiger partial charge < -0.3 is 4.74 Å². The molecule has 0 N–H and O–H groups in total. The highest BCUT2D eigenvalue weighted by atomic mass is 35.5. The molecule has 0 radical (unpaired) electrons. The van der Waals surface area contributed by atoms with E-state index in [9.17, 15) is 4.79 Å². The lowest BCUT2D eigenvalue weighted by molar-refractivity contribution is -0.146. The second-order valence-electron chi connectivity index (χ2n) is 7.64. The number of alkyl halides is 1. The summed E-state index contributed by atoms with van der Waals surface area (Å²) in [5, 5.41) is 0. The van der Waals surface area contributed by atoms with Gasteiger partial charge in [-0.15, -0.1) is 11.6 Å². The first-order valence-electron chi connectivity index (χ1n) is 10.9. The van der Waals surface area contributed by atoms with Crippen LogP contribution in [0.1, 0.15) is 124 Å². The van der Waals surface area contributed by atoms with E-state index >= 15 is 0 Å². The number of esters is 1. The van der Waals surface area contributed by atoms with E-state index in [1.54, 1.807) is 6.92 Å². The largest absolute Gasteiger partial charge is 0.464 e. The molecule has 0 rings (SSSR count). The van der Waals surface area contributed by atoms with Gasteiger partial charge in [-0.05, 0) is 19.8 Å². The van der Waals surface area contributed by atoms with Crippen molar-refractivity contribution in [2.45, 2.75) is 128 Å². The molecule has 0 amide bonds. The maximum atomic E-state index is 11.7. The second-order valence-corrected chi connectivity index (χ2v) is 8.47. The van der Waals surface area contributed by atoms with Crippen LogP contribution in [0.25, 0.3) is 0 Å². The summed E-state index contributed by atoms with van der Waals surface area (Å²) in [6.07, 6.45) is 20.7. The zero-order valence-electron chi connectivity index (χ0n) is 17.2. The molecule has 1 unspecified atom stereocenters. The van der Waals surface area contributed by atoms with Crippen LogP contribution in [0, 0.1) is 0 Å². The van der Waals surface area contributed by atoms with Crippen LogP contribution in [0.2, 0.25) is 0 Å². The molecule has 0 aliphatic carbocycles. The van der Waals surface area contributed by atoms with Crippen LogP contribution in [0.15, 0.2) is 0 Å². The minimum absolute atomic E-state index is 0.276. The van der Waals surface area contributed by atoms with Crippen LogP contribution in [0.5, 0.6) is 0 Å². The summed E-state index contributed by atoms with van der Waals surface area (Å²) in [6.45, 7) is 6.42. The molecular weight excluding hydrogens is 332 g/mol. The van der Waals surface area contributed by atoms with E-state index < -0.39 is 4.87 Å². The first-order chi connectivity index (χ1) is 12.0. The molecule has 0 aromatic rings. The van der Waals surface area contributed by atoms with E-state index in [1.807, 2.05) is 6.92 Å². The van der Waals surface area contributed by atoms with E-state index in [0.717, 1.165) is 12.8 Å². The number of carbonyl (C=O) groups is 1. The van der Waals surface area contributed by atoms with Gasteiger partial charge >= 0.3 is 5.97 Å². The molecule has 150 valence electrons. The highest BCUT2D eigenvalue weighted by Crippen LogP contribution is 2.20. The lowest BCUT2D eigenvalue weighted by Crippen LogP contribution is -2.30. The fourth-order valence-corrected chi connectivity index (χ4v) is 2.99. The van der Waals surface area contributed by atoms with E-state index in [1.165, 1.54) is 83.5 Å². The molecule has 3 heteroatoms. The summed E-state index contributed by atoms with van der Waals surface area (Å²) in [5.41, 5.74) is 0. The summed E-state index contributed by atoms with van der Waals surface area (Å²) >= 11 is 6.07. The molecule has 0 spiro atoms. The summed E-state index contributed by atoms with van der Waals surface area (Å²) < 4.78 is 5.24. The SMILES string of the molecule is CCCCCCCCCCCCCCCCCOC(=O)C(C)(Cl)CC. The Bertz CT molecular complexity index is 302. The van der Waals surface area contributed by atoms with Crippen molar-refractivity contribution < 1.29 is 9.53 Å². The van der Waals surface area contributed by atoms with Gasteiger partial charge in [-0.2, -0.15) is 0 Å². The number of halogens is 1. The van der Waals surface area contributed by atoms with Gasteiger partial charge in [0.1, 0.15) is 4.87 Å². The van der Waals surface area contributed by atoms with Gasteiger partial charge in [0.05, 0.1) is 6.61 Å². The Labute approximate surface area is 162 Å². The smallest absolute Gasteiger partial charge is 0.326 e. The predicted molar refractivity (Wildman–Crippen MR) is 110 cm³/mol. The molecule has 2 nitrogen and oxygen atoms in total. The minimum Gasteiger partial charge on any atom is -0.464 e. The van der Waals surface area contributed by atoms with Gasteiger partial charge in [-0.3, -0.25) is 4.79 Å². The molecule has 0 aromatic carbocycles. The third kappa shape index (κ3) is 15.7. The average molecular weight is 375 g/mol. The third-order valence-corrected chi connectivity index (χ3v) is 5.49. The molecule has 0 saturated carbocycles. The van der Waals surface area contributed by atoms with Crippen LogP contribution in [0.4, 0.5) is 0 Å². The van der Waals surface area contributed by atoms with Crippen molar-refractivity contribution in [3.63, 3.8) is 0 Å². The number of ether oxygens (including phenoxy) is 1. The molecule has 25 heavy (non-hydrogen) atoms. The normalized spacial score (nSPS) is 13.6. The van der Waals surface area contributed by atoms with Gasteiger partial charge in [-0.1, -0.05) is 104 Å². The van der Waals surface area contributed by atoms with Crippen LogP contribution in [0.3, 0.4) is 0 Å². The molecule has 0 fully saturated rings. The molecule has 0 bridgehead atoms. The zero-order valence-corrected chi connectivity index (χ0v) is 18.0. The van der Waals surface area contributed by atoms with Crippen molar-refractivity contribution in [3.8, 4) is 0 Å².